The van der Waals surface area contributed by atoms with Crippen molar-refractivity contribution in [3.8, 4) is 0 Å². The molecule has 3 rings (SSSR count). The fraction of sp³-hybridized carbons (Fsp3) is 0.312. The van der Waals surface area contributed by atoms with E-state index in [0.717, 1.165) is 24.6 Å². The molecule has 7 heteroatoms. The van der Waals surface area contributed by atoms with Gasteiger partial charge in [-0.05, 0) is 24.1 Å². The fourth-order valence-electron chi connectivity index (χ4n) is 2.57. The minimum absolute atomic E-state index is 0.215. The van der Waals surface area contributed by atoms with E-state index in [1.807, 2.05) is 4.90 Å². The second kappa shape index (κ2) is 5.57. The van der Waals surface area contributed by atoms with Crippen LogP contribution in [0.3, 0.4) is 0 Å². The predicted molar refractivity (Wildman–Crippen MR) is 83.1 cm³/mol. The smallest absolute Gasteiger partial charge is 0.287 e. The van der Waals surface area contributed by atoms with E-state index >= 15 is 0 Å². The third-order valence-corrected chi connectivity index (χ3v) is 3.62. The zero-order chi connectivity index (χ0) is 16.6. The summed E-state index contributed by atoms with van der Waals surface area (Å²) in [5.41, 5.74) is 1.56. The van der Waals surface area contributed by atoms with Gasteiger partial charge in [0.1, 0.15) is 17.3 Å². The van der Waals surface area contributed by atoms with E-state index in [1.165, 1.54) is 13.0 Å². The van der Waals surface area contributed by atoms with Crippen molar-refractivity contribution in [3.63, 3.8) is 0 Å². The van der Waals surface area contributed by atoms with Crippen molar-refractivity contribution < 1.29 is 13.6 Å². The minimum atomic E-state index is -2.99. The lowest BCUT2D eigenvalue weighted by atomic mass is 10.2. The molecule has 3 heterocycles. The van der Waals surface area contributed by atoms with Crippen LogP contribution in [-0.4, -0.2) is 22.4 Å². The van der Waals surface area contributed by atoms with Gasteiger partial charge in [0.05, 0.1) is 5.69 Å². The number of carbonyl (C=O) groups excluding carboxylic acids is 1. The van der Waals surface area contributed by atoms with Gasteiger partial charge in [-0.2, -0.15) is 8.78 Å². The number of alkyl halides is 2. The molecule has 0 radical (unpaired) electrons. The molecule has 0 saturated heterocycles. The van der Waals surface area contributed by atoms with Crippen molar-refractivity contribution in [1.29, 1.82) is 0 Å². The van der Waals surface area contributed by atoms with E-state index in [1.54, 1.807) is 24.4 Å². The topological polar surface area (TPSA) is 58.1 Å². The second-order valence-electron chi connectivity index (χ2n) is 5.55. The average Bonchev–Trinajstić information content (AvgIpc) is 2.89. The normalized spacial score (nSPS) is 13.8. The molecule has 0 fully saturated rings. The Morgan fingerprint density at radius 3 is 2.87 bits per heavy atom. The van der Waals surface area contributed by atoms with Crippen LogP contribution in [-0.2, 0) is 17.1 Å². The number of carbonyl (C=O) groups is 1. The van der Waals surface area contributed by atoms with Crippen LogP contribution in [0.25, 0.3) is 0 Å². The van der Waals surface area contributed by atoms with Gasteiger partial charge in [-0.25, -0.2) is 9.97 Å². The molecule has 0 aromatic carbocycles. The molecule has 0 spiro atoms. The molecule has 1 aliphatic heterocycles. The summed E-state index contributed by atoms with van der Waals surface area (Å²) in [5.74, 6) is -2.31. The molecule has 1 N–H and O–H groups in total. The standard InChI is InChI=1S/C16H16F2N4O/c1-10(23)20-14-8-12-11(9-19-14)6-7-22(12)15-5-3-4-13(21-15)16(2,17)18/h3-5,8-9H,6-7H2,1-2H3,(H,19,20,23). The van der Waals surface area contributed by atoms with Crippen LogP contribution in [0.5, 0.6) is 0 Å². The maximum atomic E-state index is 13.5. The van der Waals surface area contributed by atoms with Crippen LogP contribution in [0.4, 0.5) is 26.1 Å². The maximum Gasteiger partial charge on any atom is 0.287 e. The fourth-order valence-corrected chi connectivity index (χ4v) is 2.57. The van der Waals surface area contributed by atoms with Gasteiger partial charge in [-0.15, -0.1) is 0 Å². The summed E-state index contributed by atoms with van der Waals surface area (Å²) in [6, 6.07) is 6.32. The molecule has 120 valence electrons. The Labute approximate surface area is 132 Å². The number of hydrogen-bond acceptors (Lipinski definition) is 4. The molecule has 2 aromatic rings. The highest BCUT2D eigenvalue weighted by Gasteiger charge is 2.28. The number of nitrogens with zero attached hydrogens (tertiary/aromatic N) is 3. The summed E-state index contributed by atoms with van der Waals surface area (Å²) in [6.07, 6.45) is 2.44. The van der Waals surface area contributed by atoms with E-state index in [2.05, 4.69) is 15.3 Å². The Hall–Kier alpha value is -2.57. The highest BCUT2D eigenvalue weighted by molar-refractivity contribution is 5.88. The number of hydrogen-bond donors (Lipinski definition) is 1. The molecule has 5 nitrogen and oxygen atoms in total. The highest BCUT2D eigenvalue weighted by atomic mass is 19.3. The molecule has 0 aliphatic carbocycles. The summed E-state index contributed by atoms with van der Waals surface area (Å²) in [6.45, 7) is 2.86. The first kappa shape index (κ1) is 15.3. The third-order valence-electron chi connectivity index (χ3n) is 3.62. The largest absolute Gasteiger partial charge is 0.326 e. The molecule has 0 saturated carbocycles. The first-order valence-electron chi connectivity index (χ1n) is 7.24. The quantitative estimate of drug-likeness (QED) is 0.944. The van der Waals surface area contributed by atoms with E-state index < -0.39 is 5.92 Å². The number of nitrogens with one attached hydrogen (secondary N) is 1. The van der Waals surface area contributed by atoms with Crippen molar-refractivity contribution >= 4 is 23.2 Å². The number of rotatable bonds is 3. The lowest BCUT2D eigenvalue weighted by Crippen LogP contribution is -2.18. The Morgan fingerprint density at radius 1 is 1.39 bits per heavy atom. The van der Waals surface area contributed by atoms with Crippen molar-refractivity contribution in [2.24, 2.45) is 0 Å². The minimum Gasteiger partial charge on any atom is -0.326 e. The summed E-state index contributed by atoms with van der Waals surface area (Å²) >= 11 is 0. The van der Waals surface area contributed by atoms with Gasteiger partial charge in [-0.3, -0.25) is 4.79 Å². The SMILES string of the molecule is CC(=O)Nc1cc2c(cn1)CCN2c1cccc(C(C)(F)F)n1. The van der Waals surface area contributed by atoms with Crippen LogP contribution in [0, 0.1) is 0 Å². The van der Waals surface area contributed by atoms with Crippen LogP contribution in [0.2, 0.25) is 0 Å². The zero-order valence-electron chi connectivity index (χ0n) is 12.8. The second-order valence-corrected chi connectivity index (χ2v) is 5.55. The number of pyridine rings is 2. The van der Waals surface area contributed by atoms with Crippen molar-refractivity contribution in [3.05, 3.63) is 41.7 Å². The molecule has 0 unspecified atom stereocenters. The summed E-state index contributed by atoms with van der Waals surface area (Å²) < 4.78 is 27.0. The van der Waals surface area contributed by atoms with Gasteiger partial charge in [0.2, 0.25) is 5.91 Å². The zero-order valence-corrected chi connectivity index (χ0v) is 12.8. The van der Waals surface area contributed by atoms with Crippen LogP contribution in [0.1, 0.15) is 25.1 Å². The van der Waals surface area contributed by atoms with Gasteiger partial charge >= 0.3 is 0 Å². The van der Waals surface area contributed by atoms with Gasteiger partial charge in [-0.1, -0.05) is 6.07 Å². The molecule has 0 atom stereocenters. The van der Waals surface area contributed by atoms with Gasteiger partial charge < -0.3 is 10.2 Å². The third kappa shape index (κ3) is 3.13. The molecule has 23 heavy (non-hydrogen) atoms. The van der Waals surface area contributed by atoms with E-state index in [9.17, 15) is 13.6 Å². The molecular formula is C16H16F2N4O. The molecular weight excluding hydrogens is 302 g/mol. The first-order chi connectivity index (χ1) is 10.8. The first-order valence-corrected chi connectivity index (χ1v) is 7.24. The number of halogens is 2. The van der Waals surface area contributed by atoms with Crippen LogP contribution in [0.15, 0.2) is 30.5 Å². The monoisotopic (exact) mass is 318 g/mol. The van der Waals surface area contributed by atoms with Gasteiger partial charge in [0.15, 0.2) is 0 Å². The predicted octanol–water partition coefficient (Wildman–Crippen LogP) is 3.24. The Kier molecular flexibility index (Phi) is 3.71. The van der Waals surface area contributed by atoms with Crippen molar-refractivity contribution in [2.45, 2.75) is 26.2 Å². The van der Waals surface area contributed by atoms with Crippen LogP contribution < -0.4 is 10.2 Å². The summed E-state index contributed by atoms with van der Waals surface area (Å²) in [4.78, 5) is 21.3. The average molecular weight is 318 g/mol. The van der Waals surface area contributed by atoms with Crippen molar-refractivity contribution in [2.75, 3.05) is 16.8 Å². The maximum absolute atomic E-state index is 13.5. The molecule has 0 bridgehead atoms. The molecule has 1 aliphatic rings. The number of amides is 1. The van der Waals surface area contributed by atoms with Crippen molar-refractivity contribution in [1.82, 2.24) is 9.97 Å². The lowest BCUT2D eigenvalue weighted by molar-refractivity contribution is -0.114. The Bertz CT molecular complexity index is 758. The lowest BCUT2D eigenvalue weighted by Gasteiger charge is -2.20. The Balaban J connectivity index is 1.97. The number of anilines is 3. The van der Waals surface area contributed by atoms with E-state index in [-0.39, 0.29) is 11.6 Å². The van der Waals surface area contributed by atoms with E-state index in [4.69, 9.17) is 0 Å². The highest BCUT2D eigenvalue weighted by Crippen LogP contribution is 2.35. The van der Waals surface area contributed by atoms with Crippen LogP contribution >= 0.6 is 0 Å². The number of aromatic nitrogens is 2. The van der Waals surface area contributed by atoms with Gasteiger partial charge in [0, 0.05) is 32.7 Å². The number of fused-ring (bicyclic) bond motifs is 1. The Morgan fingerprint density at radius 2 is 2.17 bits per heavy atom. The molecule has 1 amide bonds. The summed E-state index contributed by atoms with van der Waals surface area (Å²) in [5, 5.41) is 2.63. The molecule has 2 aromatic heterocycles. The summed E-state index contributed by atoms with van der Waals surface area (Å²) in [7, 11) is 0. The van der Waals surface area contributed by atoms with E-state index in [0.29, 0.717) is 18.2 Å². The van der Waals surface area contributed by atoms with Gasteiger partial charge in [0.25, 0.3) is 5.92 Å².